The number of aromatic carboxylic acids is 1. The molecule has 0 atom stereocenters. The molecule has 1 aromatic rings. The molecule has 0 spiro atoms. The molecule has 6 heteroatoms. The molecular formula is C10H14O5S. The molecule has 0 saturated carbocycles. The van der Waals surface area contributed by atoms with Gasteiger partial charge in [0.05, 0.1) is 5.25 Å². The normalized spacial score (nSPS) is 12.0. The van der Waals surface area contributed by atoms with Gasteiger partial charge in [0.15, 0.2) is 9.84 Å². The SMILES string of the molecule is Cc1cc(CS(=O)(=O)C(C)C)oc1C(=O)O. The average Bonchev–Trinajstić information content (AvgIpc) is 2.45. The quantitative estimate of drug-likeness (QED) is 0.872. The van der Waals surface area contributed by atoms with Gasteiger partial charge in [0.1, 0.15) is 11.5 Å². The Morgan fingerprint density at radius 1 is 1.50 bits per heavy atom. The number of furan rings is 1. The largest absolute Gasteiger partial charge is 0.475 e. The maximum atomic E-state index is 11.6. The summed E-state index contributed by atoms with van der Waals surface area (Å²) in [5.41, 5.74) is 0.432. The second kappa shape index (κ2) is 4.29. The molecule has 0 fully saturated rings. The molecule has 0 radical (unpaired) electrons. The summed E-state index contributed by atoms with van der Waals surface area (Å²) in [6.45, 7) is 4.71. The highest BCUT2D eigenvalue weighted by atomic mass is 32.2. The summed E-state index contributed by atoms with van der Waals surface area (Å²) in [6.07, 6.45) is 0. The molecule has 5 nitrogen and oxygen atoms in total. The number of hydrogen-bond donors (Lipinski definition) is 1. The molecule has 0 bridgehead atoms. The summed E-state index contributed by atoms with van der Waals surface area (Å²) in [7, 11) is -3.27. The van der Waals surface area contributed by atoms with Gasteiger partial charge in [0.2, 0.25) is 5.76 Å². The molecule has 0 aromatic carbocycles. The first-order valence-corrected chi connectivity index (χ1v) is 6.49. The van der Waals surface area contributed by atoms with Crippen LogP contribution in [0.25, 0.3) is 0 Å². The molecule has 1 rings (SSSR count). The van der Waals surface area contributed by atoms with Crippen LogP contribution in [0.3, 0.4) is 0 Å². The van der Waals surface area contributed by atoms with Gasteiger partial charge in [0.25, 0.3) is 0 Å². The Hall–Kier alpha value is -1.30. The van der Waals surface area contributed by atoms with Crippen molar-refractivity contribution in [3.8, 4) is 0 Å². The van der Waals surface area contributed by atoms with Gasteiger partial charge in [-0.1, -0.05) is 0 Å². The molecule has 90 valence electrons. The van der Waals surface area contributed by atoms with Gasteiger partial charge in [-0.2, -0.15) is 0 Å². The van der Waals surface area contributed by atoms with E-state index in [2.05, 4.69) is 0 Å². The van der Waals surface area contributed by atoms with Crippen LogP contribution in [0.2, 0.25) is 0 Å². The number of aryl methyl sites for hydroxylation is 1. The van der Waals surface area contributed by atoms with E-state index in [1.54, 1.807) is 20.8 Å². The van der Waals surface area contributed by atoms with Crippen LogP contribution in [0.1, 0.15) is 35.7 Å². The predicted octanol–water partition coefficient (Wildman–Crippen LogP) is 1.61. The van der Waals surface area contributed by atoms with E-state index in [0.717, 1.165) is 0 Å². The number of carbonyl (C=O) groups is 1. The molecule has 0 aliphatic heterocycles. The van der Waals surface area contributed by atoms with Crippen LogP contribution in [0.5, 0.6) is 0 Å². The minimum absolute atomic E-state index is 0.170. The lowest BCUT2D eigenvalue weighted by Gasteiger charge is -2.04. The average molecular weight is 246 g/mol. The maximum absolute atomic E-state index is 11.6. The summed E-state index contributed by atoms with van der Waals surface area (Å²) < 4.78 is 28.1. The van der Waals surface area contributed by atoms with Crippen LogP contribution in [0, 0.1) is 6.92 Å². The summed E-state index contributed by atoms with van der Waals surface area (Å²) in [4.78, 5) is 10.7. The first-order chi connectivity index (χ1) is 7.24. The van der Waals surface area contributed by atoms with E-state index in [1.165, 1.54) is 6.07 Å². The molecule has 16 heavy (non-hydrogen) atoms. The Balaban J connectivity index is 3.01. The Bertz CT molecular complexity index is 495. The first kappa shape index (κ1) is 12.8. The van der Waals surface area contributed by atoms with E-state index in [-0.39, 0.29) is 17.3 Å². The van der Waals surface area contributed by atoms with Gasteiger partial charge in [-0.3, -0.25) is 0 Å². The summed E-state index contributed by atoms with van der Waals surface area (Å²) >= 11 is 0. The monoisotopic (exact) mass is 246 g/mol. The second-order valence-electron chi connectivity index (χ2n) is 3.89. The second-order valence-corrected chi connectivity index (χ2v) is 6.44. The van der Waals surface area contributed by atoms with Gasteiger partial charge in [-0.15, -0.1) is 0 Å². The lowest BCUT2D eigenvalue weighted by Crippen LogP contribution is -2.15. The number of rotatable bonds is 4. The van der Waals surface area contributed by atoms with Crippen LogP contribution in [-0.4, -0.2) is 24.7 Å². The zero-order valence-electron chi connectivity index (χ0n) is 9.35. The lowest BCUT2D eigenvalue weighted by atomic mass is 10.3. The van der Waals surface area contributed by atoms with Crippen LogP contribution in [-0.2, 0) is 15.6 Å². The van der Waals surface area contributed by atoms with Crippen molar-refractivity contribution in [3.63, 3.8) is 0 Å². The number of carboxylic acids is 1. The van der Waals surface area contributed by atoms with E-state index >= 15 is 0 Å². The zero-order chi connectivity index (χ0) is 12.5. The van der Waals surface area contributed by atoms with E-state index in [9.17, 15) is 13.2 Å². The third-order valence-electron chi connectivity index (χ3n) is 2.22. The fourth-order valence-corrected chi connectivity index (χ4v) is 2.07. The van der Waals surface area contributed by atoms with E-state index in [0.29, 0.717) is 5.56 Å². The maximum Gasteiger partial charge on any atom is 0.372 e. The third kappa shape index (κ3) is 2.63. The third-order valence-corrected chi connectivity index (χ3v) is 4.35. The van der Waals surface area contributed by atoms with E-state index in [4.69, 9.17) is 9.52 Å². The van der Waals surface area contributed by atoms with Crippen molar-refractivity contribution in [2.75, 3.05) is 0 Å². The number of hydrogen-bond acceptors (Lipinski definition) is 4. The molecular weight excluding hydrogens is 232 g/mol. The Labute approximate surface area is 94.0 Å². The lowest BCUT2D eigenvalue weighted by molar-refractivity contribution is 0.0659. The highest BCUT2D eigenvalue weighted by Crippen LogP contribution is 2.18. The smallest absolute Gasteiger partial charge is 0.372 e. The van der Waals surface area contributed by atoms with Crippen molar-refractivity contribution in [1.29, 1.82) is 0 Å². The van der Waals surface area contributed by atoms with Crippen molar-refractivity contribution in [3.05, 3.63) is 23.2 Å². The van der Waals surface area contributed by atoms with Crippen LogP contribution in [0.15, 0.2) is 10.5 Å². The van der Waals surface area contributed by atoms with Crippen molar-refractivity contribution in [2.24, 2.45) is 0 Å². The highest BCUT2D eigenvalue weighted by Gasteiger charge is 2.21. The van der Waals surface area contributed by atoms with Gasteiger partial charge in [0, 0.05) is 5.56 Å². The highest BCUT2D eigenvalue weighted by molar-refractivity contribution is 7.91. The minimum atomic E-state index is -3.27. The summed E-state index contributed by atoms with van der Waals surface area (Å²) in [5.74, 6) is -1.48. The van der Waals surface area contributed by atoms with Crippen molar-refractivity contribution in [2.45, 2.75) is 31.8 Å². The number of sulfone groups is 1. The van der Waals surface area contributed by atoms with E-state index in [1.807, 2.05) is 0 Å². The molecule has 1 heterocycles. The molecule has 1 aromatic heterocycles. The molecule has 0 amide bonds. The minimum Gasteiger partial charge on any atom is -0.475 e. The van der Waals surface area contributed by atoms with Crippen LogP contribution < -0.4 is 0 Å². The topological polar surface area (TPSA) is 84.6 Å². The van der Waals surface area contributed by atoms with Gasteiger partial charge in [-0.05, 0) is 26.8 Å². The predicted molar refractivity (Wildman–Crippen MR) is 58.2 cm³/mol. The van der Waals surface area contributed by atoms with Gasteiger partial charge < -0.3 is 9.52 Å². The zero-order valence-corrected chi connectivity index (χ0v) is 10.2. The van der Waals surface area contributed by atoms with Crippen LogP contribution in [0.4, 0.5) is 0 Å². The fraction of sp³-hybridized carbons (Fsp3) is 0.500. The van der Waals surface area contributed by atoms with Crippen molar-refractivity contribution < 1.29 is 22.7 Å². The van der Waals surface area contributed by atoms with Crippen molar-refractivity contribution in [1.82, 2.24) is 0 Å². The Morgan fingerprint density at radius 2 is 2.06 bits per heavy atom. The van der Waals surface area contributed by atoms with E-state index < -0.39 is 21.1 Å². The van der Waals surface area contributed by atoms with Gasteiger partial charge in [-0.25, -0.2) is 13.2 Å². The molecule has 1 N–H and O–H groups in total. The molecule has 0 saturated heterocycles. The Kier molecular flexibility index (Phi) is 3.42. The molecule has 0 aliphatic carbocycles. The first-order valence-electron chi connectivity index (χ1n) is 4.78. The van der Waals surface area contributed by atoms with Crippen LogP contribution >= 0.6 is 0 Å². The Morgan fingerprint density at radius 3 is 2.44 bits per heavy atom. The summed E-state index contributed by atoms with van der Waals surface area (Å²) in [6, 6.07) is 1.45. The standard InChI is InChI=1S/C10H14O5S/c1-6(2)16(13,14)5-8-4-7(3)9(15-8)10(11)12/h4,6H,5H2,1-3H3,(H,11,12). The van der Waals surface area contributed by atoms with Crippen molar-refractivity contribution >= 4 is 15.8 Å². The summed E-state index contributed by atoms with van der Waals surface area (Å²) in [5, 5.41) is 8.24. The van der Waals surface area contributed by atoms with Gasteiger partial charge >= 0.3 is 5.97 Å². The fourth-order valence-electron chi connectivity index (χ4n) is 1.20. The number of carboxylic acid groups (broad SMARTS) is 1. The molecule has 0 unspecified atom stereocenters. The molecule has 0 aliphatic rings.